The Morgan fingerprint density at radius 3 is 2.14 bits per heavy atom. The largest absolute Gasteiger partial charge is 0.480 e. The first-order chi connectivity index (χ1) is 31.0. The van der Waals surface area contributed by atoms with Crippen molar-refractivity contribution < 1.29 is 48.2 Å². The maximum absolute atomic E-state index is 14.5. The predicted octanol–water partition coefficient (Wildman–Crippen LogP) is 2.84. The van der Waals surface area contributed by atoms with Crippen molar-refractivity contribution in [2.24, 2.45) is 17.6 Å². The highest BCUT2D eigenvalue weighted by Crippen LogP contribution is 2.25. The summed E-state index contributed by atoms with van der Waals surface area (Å²) in [5, 5.41) is 22.2. The Morgan fingerprint density at radius 1 is 0.846 bits per heavy atom. The van der Waals surface area contributed by atoms with Crippen molar-refractivity contribution in [2.45, 2.75) is 154 Å². The Balaban J connectivity index is 1.51. The number of hydrogen-bond donors (Lipinski definition) is 7. The molecule has 4 rings (SSSR count). The number of benzene rings is 1. The zero-order valence-corrected chi connectivity index (χ0v) is 38.7. The van der Waals surface area contributed by atoms with Gasteiger partial charge in [0.25, 0.3) is 0 Å². The van der Waals surface area contributed by atoms with E-state index in [0.29, 0.717) is 44.9 Å². The molecule has 6 amide bonds. The van der Waals surface area contributed by atoms with Crippen LogP contribution in [-0.4, -0.2) is 130 Å². The molecular formula is C47H70N8O10. The van der Waals surface area contributed by atoms with Crippen molar-refractivity contribution >= 4 is 58.3 Å². The minimum atomic E-state index is -1.12. The van der Waals surface area contributed by atoms with Gasteiger partial charge in [-0.25, -0.2) is 9.59 Å². The molecule has 0 saturated carbocycles. The van der Waals surface area contributed by atoms with Crippen molar-refractivity contribution in [3.05, 3.63) is 48.2 Å². The normalized spacial score (nSPS) is 19.0. The molecule has 65 heavy (non-hydrogen) atoms. The zero-order chi connectivity index (χ0) is 47.8. The summed E-state index contributed by atoms with van der Waals surface area (Å²) in [4.78, 5) is 114. The Labute approximate surface area is 381 Å². The van der Waals surface area contributed by atoms with Crippen molar-refractivity contribution in [3.63, 3.8) is 0 Å². The van der Waals surface area contributed by atoms with Crippen LogP contribution >= 0.6 is 0 Å². The van der Waals surface area contributed by atoms with Gasteiger partial charge in [-0.15, -0.1) is 0 Å². The van der Waals surface area contributed by atoms with E-state index in [-0.39, 0.29) is 50.6 Å². The summed E-state index contributed by atoms with van der Waals surface area (Å²) in [6.45, 7) is 9.88. The summed E-state index contributed by atoms with van der Waals surface area (Å²) >= 11 is 0. The summed E-state index contributed by atoms with van der Waals surface area (Å²) in [6, 6.07) is 0.311. The molecule has 18 nitrogen and oxygen atoms in total. The number of hydrogen-bond acceptors (Lipinski definition) is 10. The number of rotatable bonds is 24. The molecule has 2 aliphatic rings. The molecule has 1 unspecified atom stereocenters. The van der Waals surface area contributed by atoms with E-state index in [4.69, 9.17) is 5.73 Å². The van der Waals surface area contributed by atoms with E-state index in [2.05, 4.69) is 31.0 Å². The molecule has 2 aromatic rings. The number of nitrogens with two attached hydrogens (primary N) is 1. The van der Waals surface area contributed by atoms with E-state index in [0.717, 1.165) is 22.9 Å². The minimum absolute atomic E-state index is 0.0645. The van der Waals surface area contributed by atoms with Gasteiger partial charge in [0.05, 0.1) is 13.2 Å². The van der Waals surface area contributed by atoms with Crippen molar-refractivity contribution in [1.82, 2.24) is 36.1 Å². The van der Waals surface area contributed by atoms with Gasteiger partial charge in [0.15, 0.2) is 0 Å². The number of H-pyrrole nitrogens is 1. The number of unbranched alkanes of at least 4 members (excludes halogenated alkanes) is 1. The second kappa shape index (κ2) is 25.1. The second-order valence-electron chi connectivity index (χ2n) is 17.7. The molecule has 1 aromatic carbocycles. The highest BCUT2D eigenvalue weighted by molar-refractivity contribution is 5.98. The average molecular weight is 907 g/mol. The number of ether oxygens (including phenoxy) is 1. The first-order valence-corrected chi connectivity index (χ1v) is 23.1. The number of aliphatic carboxylic acids is 1. The molecule has 2 fully saturated rings. The van der Waals surface area contributed by atoms with Gasteiger partial charge in [-0.3, -0.25) is 28.8 Å². The summed E-state index contributed by atoms with van der Waals surface area (Å²) in [7, 11) is 1.26. The van der Waals surface area contributed by atoms with E-state index in [1.807, 2.05) is 52.0 Å². The van der Waals surface area contributed by atoms with Crippen LogP contribution in [0.4, 0.5) is 0 Å². The predicted molar refractivity (Wildman–Crippen MR) is 244 cm³/mol. The van der Waals surface area contributed by atoms with Gasteiger partial charge in [-0.05, 0) is 74.8 Å². The number of esters is 1. The molecule has 0 radical (unpaired) electrons. The van der Waals surface area contributed by atoms with Crippen LogP contribution in [-0.2, 0) is 49.5 Å². The monoisotopic (exact) mass is 907 g/mol. The standard InChI is InChI=1S/C47H70N8O10/c1-7-9-18-34(50-41(57)32(48)17-11-13-22-39(56)65-6)42(58)53-40(29(5)8-2)44(60)52-35(25-28(3)4)45(61)54-23-14-20-37(54)43(59)51-36(46(62)55-24-15-21-38(55)47(63)64)26-30-27-49-33-19-12-10-16-31(30)33/h10,12-13,16,19,22,27-29,32,34-38,40,49H,7-9,11,14-15,17-18,20-21,23-26,48H2,1-6H3,(H,50,57)(H,51,59)(H,52,60)(H,53,58)(H,63,64)/b22-13+/t29?,32-,34-,35-,36-,37-,38-,40-/m0/s1. The van der Waals surface area contributed by atoms with Crippen LogP contribution in [0.5, 0.6) is 0 Å². The summed E-state index contributed by atoms with van der Waals surface area (Å²) < 4.78 is 4.57. The summed E-state index contributed by atoms with van der Waals surface area (Å²) in [5.41, 5.74) is 7.73. The molecule has 0 spiro atoms. The highest BCUT2D eigenvalue weighted by atomic mass is 16.5. The van der Waals surface area contributed by atoms with Crippen LogP contribution in [0, 0.1) is 11.8 Å². The molecule has 2 saturated heterocycles. The number of para-hydroxylation sites is 1. The molecule has 0 bridgehead atoms. The van der Waals surface area contributed by atoms with Gasteiger partial charge >= 0.3 is 11.9 Å². The van der Waals surface area contributed by atoms with Gasteiger partial charge in [-0.1, -0.05) is 78.2 Å². The first kappa shape index (κ1) is 51.9. The quantitative estimate of drug-likeness (QED) is 0.0595. The van der Waals surface area contributed by atoms with Crippen molar-refractivity contribution in [2.75, 3.05) is 20.2 Å². The molecule has 358 valence electrons. The lowest BCUT2D eigenvalue weighted by atomic mass is 9.95. The number of likely N-dealkylation sites (tertiary alicyclic amines) is 2. The molecule has 3 heterocycles. The molecule has 2 aliphatic heterocycles. The van der Waals surface area contributed by atoms with E-state index in [1.165, 1.54) is 23.0 Å². The summed E-state index contributed by atoms with van der Waals surface area (Å²) in [5.74, 6) is -5.37. The van der Waals surface area contributed by atoms with E-state index >= 15 is 0 Å². The fourth-order valence-electron chi connectivity index (χ4n) is 8.50. The van der Waals surface area contributed by atoms with E-state index in [1.54, 1.807) is 19.2 Å². The number of allylic oxidation sites excluding steroid dienone is 1. The second-order valence-corrected chi connectivity index (χ2v) is 17.7. The molecule has 8 atom stereocenters. The van der Waals surface area contributed by atoms with Crippen LogP contribution in [0.25, 0.3) is 10.9 Å². The lowest BCUT2D eigenvalue weighted by Gasteiger charge is -2.33. The third kappa shape index (κ3) is 14.4. The maximum atomic E-state index is 14.5. The lowest BCUT2D eigenvalue weighted by Crippen LogP contribution is -2.60. The third-order valence-corrected chi connectivity index (χ3v) is 12.4. The fourth-order valence-corrected chi connectivity index (χ4v) is 8.50. The van der Waals surface area contributed by atoms with Gasteiger partial charge in [0, 0.05) is 42.7 Å². The number of fused-ring (bicyclic) bond motifs is 1. The SMILES string of the molecule is CCCC[C@H](NC(=O)[C@@H](N)CC/C=C/C(=O)OC)C(=O)N[C@H](C(=O)N[C@@H](CC(C)C)C(=O)N1CCC[C@H]1C(=O)N[C@@H](Cc1c[nH]c2ccccc12)C(=O)N1CCC[C@H]1C(=O)O)C(C)CC. The first-order valence-electron chi connectivity index (χ1n) is 23.1. The Kier molecular flexibility index (Phi) is 20.0. The number of amides is 6. The molecule has 0 aliphatic carbocycles. The van der Waals surface area contributed by atoms with Crippen molar-refractivity contribution in [1.29, 1.82) is 0 Å². The Hall–Kier alpha value is -5.78. The lowest BCUT2D eigenvalue weighted by molar-refractivity contribution is -0.149. The number of carboxylic acid groups (broad SMARTS) is 1. The van der Waals surface area contributed by atoms with Crippen LogP contribution in [0.3, 0.4) is 0 Å². The van der Waals surface area contributed by atoms with Crippen molar-refractivity contribution in [3.8, 4) is 0 Å². The maximum Gasteiger partial charge on any atom is 0.330 e. The molecular weight excluding hydrogens is 837 g/mol. The number of methoxy groups -OCH3 is 1. The third-order valence-electron chi connectivity index (χ3n) is 12.4. The Morgan fingerprint density at radius 2 is 1.49 bits per heavy atom. The van der Waals surface area contributed by atoms with E-state index in [9.17, 15) is 43.5 Å². The fraction of sp³-hybridized carbons (Fsp3) is 0.617. The molecule has 1 aromatic heterocycles. The highest BCUT2D eigenvalue weighted by Gasteiger charge is 2.42. The number of carbonyl (C=O) groups is 8. The number of carboxylic acids is 1. The Bertz CT molecular complexity index is 2020. The van der Waals surface area contributed by atoms with Gasteiger partial charge in [0.1, 0.15) is 36.3 Å². The van der Waals surface area contributed by atoms with E-state index < -0.39 is 89.7 Å². The van der Waals surface area contributed by atoms with Crippen LogP contribution in [0.2, 0.25) is 0 Å². The smallest absolute Gasteiger partial charge is 0.330 e. The average Bonchev–Trinajstić information content (AvgIpc) is 4.08. The zero-order valence-electron chi connectivity index (χ0n) is 38.7. The van der Waals surface area contributed by atoms with Crippen LogP contribution in [0.15, 0.2) is 42.6 Å². The van der Waals surface area contributed by atoms with Crippen LogP contribution in [0.1, 0.15) is 111 Å². The van der Waals surface area contributed by atoms with Gasteiger partial charge in [0.2, 0.25) is 35.4 Å². The number of nitrogens with one attached hydrogen (secondary N) is 5. The van der Waals surface area contributed by atoms with Gasteiger partial charge < -0.3 is 51.6 Å². The molecule has 8 N–H and O–H groups in total. The number of carbonyl (C=O) groups excluding carboxylic acids is 7. The van der Waals surface area contributed by atoms with Gasteiger partial charge in [-0.2, -0.15) is 0 Å². The summed E-state index contributed by atoms with van der Waals surface area (Å²) in [6.07, 6.45) is 9.13. The van der Waals surface area contributed by atoms with Crippen LogP contribution < -0.4 is 27.0 Å². The minimum Gasteiger partial charge on any atom is -0.480 e. The molecule has 18 heteroatoms. The number of aromatic amines is 1. The number of aromatic nitrogens is 1. The topological polar surface area (TPSA) is 262 Å². The number of nitrogens with zero attached hydrogens (tertiary/aromatic N) is 2.